The van der Waals surface area contributed by atoms with Gasteiger partial charge >= 0.3 is 6.18 Å². The molecule has 0 radical (unpaired) electrons. The van der Waals surface area contributed by atoms with Crippen LogP contribution in [-0.2, 0) is 6.54 Å². The molecular formula is C16H22F3N3O. The molecule has 1 fully saturated rings. The van der Waals surface area contributed by atoms with Crippen LogP contribution in [0.1, 0.15) is 25.8 Å². The summed E-state index contributed by atoms with van der Waals surface area (Å²) in [5.41, 5.74) is 0.623. The number of rotatable bonds is 6. The average molecular weight is 329 g/mol. The summed E-state index contributed by atoms with van der Waals surface area (Å²) in [5.74, 6) is 1.51. The van der Waals surface area contributed by atoms with Gasteiger partial charge in [0, 0.05) is 18.2 Å². The van der Waals surface area contributed by atoms with Crippen molar-refractivity contribution in [1.82, 2.24) is 10.6 Å². The van der Waals surface area contributed by atoms with E-state index >= 15 is 0 Å². The van der Waals surface area contributed by atoms with E-state index in [1.807, 2.05) is 6.92 Å². The van der Waals surface area contributed by atoms with Crippen molar-refractivity contribution in [2.45, 2.75) is 39.0 Å². The number of para-hydroxylation sites is 1. The number of aliphatic imine (C=N–C) groups is 1. The van der Waals surface area contributed by atoms with Crippen LogP contribution in [0.3, 0.4) is 0 Å². The maximum atomic E-state index is 12.3. The molecular weight excluding hydrogens is 307 g/mol. The van der Waals surface area contributed by atoms with Gasteiger partial charge in [0.15, 0.2) is 12.6 Å². The number of nitrogens with zero attached hydrogens (tertiary/aromatic N) is 1. The molecule has 2 atom stereocenters. The predicted octanol–water partition coefficient (Wildman–Crippen LogP) is 3.09. The lowest BCUT2D eigenvalue weighted by Gasteiger charge is -2.13. The van der Waals surface area contributed by atoms with Gasteiger partial charge in [-0.05, 0) is 25.3 Å². The summed E-state index contributed by atoms with van der Waals surface area (Å²) in [6.07, 6.45) is -3.25. The first-order valence-corrected chi connectivity index (χ1v) is 7.71. The molecule has 1 aliphatic carbocycles. The molecule has 0 bridgehead atoms. The van der Waals surface area contributed by atoms with Gasteiger partial charge in [-0.2, -0.15) is 13.2 Å². The Hall–Kier alpha value is -1.92. The summed E-state index contributed by atoms with van der Waals surface area (Å²) < 4.78 is 41.8. The van der Waals surface area contributed by atoms with Crippen LogP contribution in [0, 0.1) is 5.92 Å². The minimum Gasteiger partial charge on any atom is -0.484 e. The molecule has 0 amide bonds. The number of hydrogen-bond acceptors (Lipinski definition) is 2. The normalized spacial score (nSPS) is 21.0. The van der Waals surface area contributed by atoms with Gasteiger partial charge in [-0.15, -0.1) is 0 Å². The van der Waals surface area contributed by atoms with Crippen LogP contribution in [0.25, 0.3) is 0 Å². The summed E-state index contributed by atoms with van der Waals surface area (Å²) in [7, 11) is 0. The van der Waals surface area contributed by atoms with Crippen molar-refractivity contribution in [3.05, 3.63) is 29.8 Å². The van der Waals surface area contributed by atoms with Crippen molar-refractivity contribution in [2.75, 3.05) is 13.2 Å². The Morgan fingerprint density at radius 3 is 2.65 bits per heavy atom. The van der Waals surface area contributed by atoms with E-state index in [9.17, 15) is 13.2 Å². The number of halogens is 3. The number of guanidine groups is 1. The van der Waals surface area contributed by atoms with Crippen molar-refractivity contribution in [3.63, 3.8) is 0 Å². The Balaban J connectivity index is 2.01. The fourth-order valence-corrected chi connectivity index (χ4v) is 2.12. The fraction of sp³-hybridized carbons (Fsp3) is 0.562. The molecule has 7 heteroatoms. The predicted molar refractivity (Wildman–Crippen MR) is 83.5 cm³/mol. The third kappa shape index (κ3) is 6.00. The molecule has 1 aromatic carbocycles. The van der Waals surface area contributed by atoms with Crippen molar-refractivity contribution in [3.8, 4) is 5.75 Å². The first-order chi connectivity index (χ1) is 10.9. The topological polar surface area (TPSA) is 45.7 Å². The van der Waals surface area contributed by atoms with Gasteiger partial charge in [-0.3, -0.25) is 0 Å². The standard InChI is InChI=1S/C16H22F3N3O/c1-3-20-15(22-13-8-11(13)2)21-9-12-6-4-5-7-14(12)23-10-16(17,18)19/h4-7,11,13H,3,8-10H2,1-2H3,(H2,20,21,22). The van der Waals surface area contributed by atoms with E-state index in [2.05, 4.69) is 22.5 Å². The lowest BCUT2D eigenvalue weighted by atomic mass is 10.2. The Kier molecular flexibility index (Phi) is 5.74. The molecule has 1 aromatic rings. The zero-order chi connectivity index (χ0) is 16.9. The number of nitrogens with one attached hydrogen (secondary N) is 2. The lowest BCUT2D eigenvalue weighted by Crippen LogP contribution is -2.39. The third-order valence-corrected chi connectivity index (χ3v) is 3.55. The van der Waals surface area contributed by atoms with Crippen molar-refractivity contribution in [1.29, 1.82) is 0 Å². The summed E-state index contributed by atoms with van der Waals surface area (Å²) in [6, 6.07) is 7.07. The maximum Gasteiger partial charge on any atom is 0.422 e. The summed E-state index contributed by atoms with van der Waals surface area (Å²) in [5, 5.41) is 6.44. The van der Waals surface area contributed by atoms with Crippen LogP contribution >= 0.6 is 0 Å². The molecule has 0 heterocycles. The van der Waals surface area contributed by atoms with E-state index in [1.54, 1.807) is 18.2 Å². The zero-order valence-corrected chi connectivity index (χ0v) is 13.3. The number of benzene rings is 1. The van der Waals surface area contributed by atoms with E-state index in [0.29, 0.717) is 23.5 Å². The van der Waals surface area contributed by atoms with Crippen LogP contribution in [0.2, 0.25) is 0 Å². The Labute approximate surface area is 134 Å². The van der Waals surface area contributed by atoms with Crippen molar-refractivity contribution >= 4 is 5.96 Å². The molecule has 0 aliphatic heterocycles. The van der Waals surface area contributed by atoms with Gasteiger partial charge in [-0.25, -0.2) is 4.99 Å². The monoisotopic (exact) mass is 329 g/mol. The first kappa shape index (κ1) is 17.4. The van der Waals surface area contributed by atoms with Gasteiger partial charge in [0.1, 0.15) is 5.75 Å². The molecule has 23 heavy (non-hydrogen) atoms. The van der Waals surface area contributed by atoms with Gasteiger partial charge in [-0.1, -0.05) is 25.1 Å². The Bertz CT molecular complexity index is 546. The summed E-state index contributed by atoms with van der Waals surface area (Å²) in [6.45, 7) is 3.80. The van der Waals surface area contributed by atoms with Crippen LogP contribution in [0.15, 0.2) is 29.3 Å². The van der Waals surface area contributed by atoms with Crippen LogP contribution in [0.4, 0.5) is 13.2 Å². The third-order valence-electron chi connectivity index (χ3n) is 3.55. The largest absolute Gasteiger partial charge is 0.484 e. The highest BCUT2D eigenvalue weighted by atomic mass is 19.4. The number of alkyl halides is 3. The lowest BCUT2D eigenvalue weighted by molar-refractivity contribution is -0.153. The summed E-state index contributed by atoms with van der Waals surface area (Å²) >= 11 is 0. The molecule has 0 spiro atoms. The Morgan fingerprint density at radius 1 is 1.35 bits per heavy atom. The molecule has 1 aliphatic rings. The molecule has 0 aromatic heterocycles. The molecule has 1 saturated carbocycles. The van der Waals surface area contributed by atoms with Gasteiger partial charge < -0.3 is 15.4 Å². The van der Waals surface area contributed by atoms with Crippen LogP contribution < -0.4 is 15.4 Å². The molecule has 4 nitrogen and oxygen atoms in total. The highest BCUT2D eigenvalue weighted by Crippen LogP contribution is 2.29. The maximum absolute atomic E-state index is 12.3. The minimum absolute atomic E-state index is 0.212. The molecule has 2 N–H and O–H groups in total. The quantitative estimate of drug-likeness (QED) is 0.623. The molecule has 128 valence electrons. The van der Waals surface area contributed by atoms with Crippen LogP contribution in [-0.4, -0.2) is 31.3 Å². The number of hydrogen-bond donors (Lipinski definition) is 2. The zero-order valence-electron chi connectivity index (χ0n) is 13.3. The van der Waals surface area contributed by atoms with E-state index in [1.165, 1.54) is 6.07 Å². The van der Waals surface area contributed by atoms with Crippen molar-refractivity contribution in [2.24, 2.45) is 10.9 Å². The highest BCUT2D eigenvalue weighted by molar-refractivity contribution is 5.80. The second-order valence-corrected chi connectivity index (χ2v) is 5.67. The Morgan fingerprint density at radius 2 is 2.04 bits per heavy atom. The second kappa shape index (κ2) is 7.57. The smallest absolute Gasteiger partial charge is 0.422 e. The second-order valence-electron chi connectivity index (χ2n) is 5.67. The average Bonchev–Trinajstić information content (AvgIpc) is 3.18. The molecule has 2 unspecified atom stereocenters. The molecule has 0 saturated heterocycles. The minimum atomic E-state index is -4.35. The highest BCUT2D eigenvalue weighted by Gasteiger charge is 2.33. The summed E-state index contributed by atoms with van der Waals surface area (Å²) in [4.78, 5) is 4.44. The van der Waals surface area contributed by atoms with Crippen LogP contribution in [0.5, 0.6) is 5.75 Å². The van der Waals surface area contributed by atoms with E-state index < -0.39 is 12.8 Å². The van der Waals surface area contributed by atoms with E-state index in [0.717, 1.165) is 13.0 Å². The number of ether oxygens (including phenoxy) is 1. The van der Waals surface area contributed by atoms with Gasteiger partial charge in [0.2, 0.25) is 0 Å². The van der Waals surface area contributed by atoms with E-state index in [4.69, 9.17) is 4.74 Å². The van der Waals surface area contributed by atoms with E-state index in [-0.39, 0.29) is 12.3 Å². The fourth-order valence-electron chi connectivity index (χ4n) is 2.12. The molecule has 2 rings (SSSR count). The van der Waals surface area contributed by atoms with Gasteiger partial charge in [0.05, 0.1) is 6.54 Å². The first-order valence-electron chi connectivity index (χ1n) is 7.71. The van der Waals surface area contributed by atoms with Crippen molar-refractivity contribution < 1.29 is 17.9 Å². The van der Waals surface area contributed by atoms with Gasteiger partial charge in [0.25, 0.3) is 0 Å². The SMILES string of the molecule is CCNC(=NCc1ccccc1OCC(F)(F)F)NC1CC1C.